The molecule has 4 rings (SSSR count). The van der Waals surface area contributed by atoms with E-state index in [0.29, 0.717) is 11.6 Å². The first kappa shape index (κ1) is 32.0. The van der Waals surface area contributed by atoms with Gasteiger partial charge in [-0.25, -0.2) is 0 Å². The Balaban J connectivity index is 0.000000502. The van der Waals surface area contributed by atoms with Crippen molar-refractivity contribution in [2.45, 2.75) is 57.2 Å². The zero-order valence-electron chi connectivity index (χ0n) is 21.8. The average molecular weight is 540 g/mol. The van der Waals surface area contributed by atoms with Crippen LogP contribution in [-0.2, 0) is 21.8 Å². The Bertz CT molecular complexity index is 1020. The summed E-state index contributed by atoms with van der Waals surface area (Å²) in [5.74, 6) is 0.532. The molecule has 2 radical (unpaired) electrons. The number of benzene rings is 3. The van der Waals surface area contributed by atoms with Crippen LogP contribution in [0.5, 0.6) is 0 Å². The summed E-state index contributed by atoms with van der Waals surface area (Å²) in [6.45, 7) is 6.58. The van der Waals surface area contributed by atoms with Crippen molar-refractivity contribution in [1.82, 2.24) is 0 Å². The van der Waals surface area contributed by atoms with Crippen molar-refractivity contribution in [2.24, 2.45) is 0 Å². The molecule has 3 aromatic rings. The van der Waals surface area contributed by atoms with E-state index in [-0.39, 0.29) is 44.7 Å². The Morgan fingerprint density at radius 3 is 1.86 bits per heavy atom. The summed E-state index contributed by atoms with van der Waals surface area (Å²) in [5.41, 5.74) is 1.47. The SMILES string of the molecule is C/C=C\C1(OC(=O)[N-]c2ccccc2)CCC(c2ccccc2)CC1.C[Si](C)c1ccccc1.[Cu].[Li+]. The molecule has 36 heavy (non-hydrogen) atoms. The first-order valence-corrected chi connectivity index (χ1v) is 14.6. The molecule has 1 amide bonds. The van der Waals surface area contributed by atoms with Crippen LogP contribution in [-0.4, -0.2) is 20.5 Å². The van der Waals surface area contributed by atoms with Gasteiger partial charge in [0.2, 0.25) is 6.09 Å². The Kier molecular flexibility index (Phi) is 14.9. The first-order chi connectivity index (χ1) is 16.5. The molecule has 1 saturated carbocycles. The first-order valence-electron chi connectivity index (χ1n) is 12.1. The van der Waals surface area contributed by atoms with E-state index < -0.39 is 11.7 Å². The molecule has 0 aromatic heterocycles. The van der Waals surface area contributed by atoms with Gasteiger partial charge in [-0.1, -0.05) is 115 Å². The van der Waals surface area contributed by atoms with Gasteiger partial charge in [0.1, 0.15) is 5.60 Å². The van der Waals surface area contributed by atoms with Crippen molar-refractivity contribution in [3.8, 4) is 0 Å². The molecular formula is C30H35CuLiNO2Si. The largest absolute Gasteiger partial charge is 1.00 e. The number of hydrogen-bond donors (Lipinski definition) is 0. The molecule has 3 nitrogen and oxygen atoms in total. The monoisotopic (exact) mass is 539 g/mol. The zero-order chi connectivity index (χ0) is 24.2. The molecule has 0 saturated heterocycles. The molecule has 0 N–H and O–H groups in total. The third-order valence-electron chi connectivity index (χ3n) is 6.19. The van der Waals surface area contributed by atoms with Crippen molar-refractivity contribution in [2.75, 3.05) is 0 Å². The molecule has 3 aromatic carbocycles. The summed E-state index contributed by atoms with van der Waals surface area (Å²) in [7, 11) is -0.212. The van der Waals surface area contributed by atoms with Crippen molar-refractivity contribution >= 4 is 25.8 Å². The van der Waals surface area contributed by atoms with Gasteiger partial charge in [0, 0.05) is 17.1 Å². The smallest absolute Gasteiger partial charge is 0.591 e. The number of hydrogen-bond acceptors (Lipinski definition) is 2. The van der Waals surface area contributed by atoms with Crippen molar-refractivity contribution in [1.29, 1.82) is 0 Å². The normalized spacial score (nSPS) is 18.7. The maximum atomic E-state index is 12.3. The van der Waals surface area contributed by atoms with Gasteiger partial charge in [0.15, 0.2) is 0 Å². The number of carbonyl (C=O) groups is 1. The second-order valence-electron chi connectivity index (χ2n) is 8.93. The molecule has 188 valence electrons. The van der Waals surface area contributed by atoms with Gasteiger partial charge in [-0.15, -0.1) is 5.69 Å². The second-order valence-corrected chi connectivity index (χ2v) is 11.5. The van der Waals surface area contributed by atoms with Gasteiger partial charge in [0.05, 0.1) is 8.80 Å². The van der Waals surface area contributed by atoms with Gasteiger partial charge >= 0.3 is 18.9 Å². The van der Waals surface area contributed by atoms with E-state index in [4.69, 9.17) is 4.74 Å². The third-order valence-corrected chi connectivity index (χ3v) is 7.68. The van der Waals surface area contributed by atoms with Crippen LogP contribution in [0.15, 0.2) is 103 Å². The fourth-order valence-electron chi connectivity index (χ4n) is 4.35. The number of ether oxygens (including phenoxy) is 1. The molecule has 0 spiro atoms. The molecule has 0 aliphatic heterocycles. The van der Waals surface area contributed by atoms with Crippen molar-refractivity contribution in [3.63, 3.8) is 0 Å². The van der Waals surface area contributed by atoms with Crippen LogP contribution in [0.2, 0.25) is 13.1 Å². The van der Waals surface area contributed by atoms with E-state index >= 15 is 0 Å². The van der Waals surface area contributed by atoms with Gasteiger partial charge in [0.25, 0.3) is 0 Å². The van der Waals surface area contributed by atoms with Crippen LogP contribution >= 0.6 is 0 Å². The van der Waals surface area contributed by atoms with E-state index in [0.717, 1.165) is 25.7 Å². The van der Waals surface area contributed by atoms with Crippen LogP contribution in [0.1, 0.15) is 44.1 Å². The number of amides is 1. The second kappa shape index (κ2) is 16.7. The summed E-state index contributed by atoms with van der Waals surface area (Å²) in [4.78, 5) is 12.3. The van der Waals surface area contributed by atoms with Crippen LogP contribution in [0.4, 0.5) is 10.5 Å². The maximum Gasteiger partial charge on any atom is 1.00 e. The summed E-state index contributed by atoms with van der Waals surface area (Å²) < 4.78 is 5.82. The van der Waals surface area contributed by atoms with Crippen molar-refractivity contribution < 1.29 is 45.5 Å². The van der Waals surface area contributed by atoms with E-state index in [1.54, 1.807) is 12.1 Å². The number of allylic oxidation sites excluding steroid dienone is 1. The topological polar surface area (TPSA) is 40.4 Å². The molecule has 0 atom stereocenters. The fraction of sp³-hybridized carbons (Fsp3) is 0.300. The van der Waals surface area contributed by atoms with Gasteiger partial charge in [-0.3, -0.25) is 4.79 Å². The molecule has 1 aliphatic rings. The third kappa shape index (κ3) is 10.2. The van der Waals surface area contributed by atoms with E-state index in [2.05, 4.69) is 73.0 Å². The predicted molar refractivity (Wildman–Crippen MR) is 145 cm³/mol. The minimum absolute atomic E-state index is 0. The van der Waals surface area contributed by atoms with Gasteiger partial charge < -0.3 is 10.1 Å². The maximum absolute atomic E-state index is 12.3. The molecule has 0 unspecified atom stereocenters. The molecule has 1 aliphatic carbocycles. The Hall–Kier alpha value is -2.00. The molecule has 1 fully saturated rings. The number of rotatable bonds is 5. The molecule has 0 bridgehead atoms. The van der Waals surface area contributed by atoms with Crippen molar-refractivity contribution in [3.05, 3.63) is 114 Å². The van der Waals surface area contributed by atoms with Crippen LogP contribution in [0, 0.1) is 0 Å². The Labute approximate surface area is 241 Å². The minimum Gasteiger partial charge on any atom is -0.591 e. The van der Waals surface area contributed by atoms with E-state index in [9.17, 15) is 4.79 Å². The van der Waals surface area contributed by atoms with Crippen LogP contribution in [0.25, 0.3) is 5.32 Å². The average Bonchev–Trinajstić information content (AvgIpc) is 2.87. The van der Waals surface area contributed by atoms with Crippen LogP contribution in [0.3, 0.4) is 0 Å². The molecule has 6 heteroatoms. The molecular weight excluding hydrogens is 505 g/mol. The van der Waals surface area contributed by atoms with Gasteiger partial charge in [-0.05, 0) is 50.2 Å². The number of carbonyl (C=O) groups excluding carboxylic acids is 1. The van der Waals surface area contributed by atoms with E-state index in [1.807, 2.05) is 43.3 Å². The molecule has 0 heterocycles. The van der Waals surface area contributed by atoms with E-state index in [1.165, 1.54) is 10.8 Å². The number of para-hydroxylation sites is 1. The van der Waals surface area contributed by atoms with Gasteiger partial charge in [-0.2, -0.15) is 0 Å². The minimum atomic E-state index is -0.532. The quantitative estimate of drug-likeness (QED) is 0.332. The Morgan fingerprint density at radius 2 is 1.39 bits per heavy atom. The summed E-state index contributed by atoms with van der Waals surface area (Å²) in [5, 5.41) is 5.58. The fourth-order valence-corrected chi connectivity index (χ4v) is 5.21. The summed E-state index contributed by atoms with van der Waals surface area (Å²) in [6, 6.07) is 30.5. The number of nitrogens with zero attached hydrogens (tertiary/aromatic N) is 1. The Morgan fingerprint density at radius 1 is 0.889 bits per heavy atom. The van der Waals surface area contributed by atoms with Crippen LogP contribution < -0.4 is 24.0 Å². The standard InChI is InChI=1S/C22H25NO2.C8H11Si.Cu.Li/c1-2-15-22(25-21(24)23-20-11-7-4-8-12-20)16-13-19(14-17-22)18-9-5-3-6-10-18;1-9(2)8-6-4-3-5-7-8;;/h2-12,15,19H,13-14,16-17H2,1H3,(H,23,24);3-7H,1-2H3;;/q;;;+1/p-1/b15-2-;;;. The summed E-state index contributed by atoms with van der Waals surface area (Å²) >= 11 is 0. The zero-order valence-corrected chi connectivity index (χ0v) is 23.7. The predicted octanol–water partition coefficient (Wildman–Crippen LogP) is 5.15. The summed E-state index contributed by atoms with van der Waals surface area (Å²) in [6.07, 6.45) is 7.15.